The maximum absolute atomic E-state index is 11.3. The zero-order valence-electron chi connectivity index (χ0n) is 20.7. The molecule has 0 amide bonds. The van der Waals surface area contributed by atoms with Crippen molar-refractivity contribution in [1.82, 2.24) is 4.90 Å². The molecule has 1 aliphatic rings. The van der Waals surface area contributed by atoms with Gasteiger partial charge in [-0.2, -0.15) is 0 Å². The van der Waals surface area contributed by atoms with Gasteiger partial charge < -0.3 is 10.0 Å². The summed E-state index contributed by atoms with van der Waals surface area (Å²) in [4.78, 5) is 2.53. The number of rotatable bonds is 8. The van der Waals surface area contributed by atoms with E-state index in [2.05, 4.69) is 95.9 Å². The van der Waals surface area contributed by atoms with Gasteiger partial charge in [0.2, 0.25) is 0 Å². The zero-order valence-corrected chi connectivity index (χ0v) is 21.4. The molecule has 5 rings (SSSR count). The van der Waals surface area contributed by atoms with E-state index >= 15 is 0 Å². The van der Waals surface area contributed by atoms with E-state index in [0.29, 0.717) is 6.42 Å². The second kappa shape index (κ2) is 11.0. The number of benzene rings is 4. The molecule has 184 valence electrons. The van der Waals surface area contributed by atoms with Crippen LogP contribution in [0, 0.1) is 0 Å². The average Bonchev–Trinajstić information content (AvgIpc) is 2.93. The van der Waals surface area contributed by atoms with E-state index in [-0.39, 0.29) is 5.41 Å². The summed E-state index contributed by atoms with van der Waals surface area (Å²) < 4.78 is 0. The summed E-state index contributed by atoms with van der Waals surface area (Å²) in [7, 11) is 0. The molecule has 1 aliphatic heterocycles. The second-order valence-corrected chi connectivity index (χ2v) is 10.6. The molecule has 3 heteroatoms. The van der Waals surface area contributed by atoms with E-state index in [0.717, 1.165) is 49.5 Å². The third-order valence-corrected chi connectivity index (χ3v) is 8.09. The molecule has 1 saturated heterocycles. The fourth-order valence-corrected chi connectivity index (χ4v) is 5.90. The van der Waals surface area contributed by atoms with Crippen LogP contribution in [0.5, 0.6) is 0 Å². The van der Waals surface area contributed by atoms with Gasteiger partial charge in [0.05, 0.1) is 5.60 Å². The molecular formula is C33H34ClNO. The number of likely N-dealkylation sites (tertiary alicyclic amines) is 1. The number of hydrogen-bond acceptors (Lipinski definition) is 2. The lowest BCUT2D eigenvalue weighted by molar-refractivity contribution is -0.0213. The minimum absolute atomic E-state index is 0.235. The molecule has 36 heavy (non-hydrogen) atoms. The van der Waals surface area contributed by atoms with Gasteiger partial charge in [-0.25, -0.2) is 0 Å². The Balaban J connectivity index is 1.37. The van der Waals surface area contributed by atoms with Crippen molar-refractivity contribution < 1.29 is 5.11 Å². The van der Waals surface area contributed by atoms with Crippen LogP contribution in [0.4, 0.5) is 0 Å². The van der Waals surface area contributed by atoms with E-state index in [4.69, 9.17) is 11.6 Å². The van der Waals surface area contributed by atoms with Crippen molar-refractivity contribution >= 4 is 11.6 Å². The van der Waals surface area contributed by atoms with Gasteiger partial charge in [-0.05, 0) is 60.2 Å². The predicted molar refractivity (Wildman–Crippen MR) is 150 cm³/mol. The van der Waals surface area contributed by atoms with Crippen LogP contribution in [0.25, 0.3) is 0 Å². The molecule has 0 aliphatic carbocycles. The number of hydrogen-bond donors (Lipinski definition) is 1. The average molecular weight is 496 g/mol. The van der Waals surface area contributed by atoms with Crippen molar-refractivity contribution in [3.8, 4) is 0 Å². The van der Waals surface area contributed by atoms with E-state index in [1.54, 1.807) is 0 Å². The largest absolute Gasteiger partial charge is 0.389 e. The Morgan fingerprint density at radius 2 is 1.11 bits per heavy atom. The van der Waals surface area contributed by atoms with Crippen molar-refractivity contribution in [3.63, 3.8) is 0 Å². The minimum atomic E-state index is -0.653. The molecule has 1 heterocycles. The summed E-state index contributed by atoms with van der Waals surface area (Å²) >= 11 is 6.04. The highest BCUT2D eigenvalue weighted by Gasteiger charge is 2.38. The van der Waals surface area contributed by atoms with Gasteiger partial charge >= 0.3 is 0 Å². The summed E-state index contributed by atoms with van der Waals surface area (Å²) in [6, 6.07) is 40.6. The summed E-state index contributed by atoms with van der Waals surface area (Å²) in [5.41, 5.74) is 4.21. The van der Waals surface area contributed by atoms with Gasteiger partial charge in [-0.1, -0.05) is 115 Å². The highest BCUT2D eigenvalue weighted by molar-refractivity contribution is 6.30. The molecule has 0 aromatic heterocycles. The lowest BCUT2D eigenvalue weighted by atomic mass is 9.67. The number of halogens is 1. The van der Waals surface area contributed by atoms with Crippen LogP contribution in [0.2, 0.25) is 5.02 Å². The van der Waals surface area contributed by atoms with Crippen molar-refractivity contribution in [2.45, 2.75) is 36.7 Å². The van der Waals surface area contributed by atoms with E-state index in [9.17, 15) is 5.11 Å². The smallest absolute Gasteiger partial charge is 0.0712 e. The second-order valence-electron chi connectivity index (χ2n) is 10.1. The highest BCUT2D eigenvalue weighted by atomic mass is 35.5. The first kappa shape index (κ1) is 24.8. The van der Waals surface area contributed by atoms with Crippen molar-refractivity contribution in [2.24, 2.45) is 0 Å². The normalized spacial score (nSPS) is 16.1. The number of nitrogens with zero attached hydrogens (tertiary/aromatic N) is 1. The molecule has 0 bridgehead atoms. The standard InChI is InChI=1S/C33H34ClNO/c34-31-18-16-27(17-19-31)26-32(36)20-23-35(24-21-32)25-22-33(28-10-4-1-5-11-28,29-12-6-2-7-13-29)30-14-8-3-9-15-30/h1-19,36H,20-26H2. The van der Waals surface area contributed by atoms with Gasteiger partial charge in [0.1, 0.15) is 0 Å². The quantitative estimate of drug-likeness (QED) is 0.263. The zero-order chi connectivity index (χ0) is 24.8. The topological polar surface area (TPSA) is 23.5 Å². The Hall–Kier alpha value is -2.91. The molecule has 0 atom stereocenters. The summed E-state index contributed by atoms with van der Waals surface area (Å²) in [5.74, 6) is 0. The van der Waals surface area contributed by atoms with Gasteiger partial charge in [0.25, 0.3) is 0 Å². The molecule has 4 aromatic carbocycles. The first-order valence-corrected chi connectivity index (χ1v) is 13.3. The number of aliphatic hydroxyl groups is 1. The molecule has 0 unspecified atom stereocenters. The van der Waals surface area contributed by atoms with E-state index in [1.165, 1.54) is 16.7 Å². The van der Waals surface area contributed by atoms with E-state index in [1.807, 2.05) is 24.3 Å². The van der Waals surface area contributed by atoms with Crippen LogP contribution in [-0.2, 0) is 11.8 Å². The Bertz CT molecular complexity index is 1120. The monoisotopic (exact) mass is 495 g/mol. The Morgan fingerprint density at radius 1 is 0.667 bits per heavy atom. The Morgan fingerprint density at radius 3 is 1.56 bits per heavy atom. The maximum Gasteiger partial charge on any atom is 0.0712 e. The molecule has 2 nitrogen and oxygen atoms in total. The Labute approximate surface area is 220 Å². The third-order valence-electron chi connectivity index (χ3n) is 7.84. The van der Waals surface area contributed by atoms with Crippen LogP contribution in [0.3, 0.4) is 0 Å². The van der Waals surface area contributed by atoms with Gasteiger partial charge in [-0.3, -0.25) is 0 Å². The number of piperidine rings is 1. The molecule has 0 radical (unpaired) electrons. The van der Waals surface area contributed by atoms with Crippen molar-refractivity contribution in [2.75, 3.05) is 19.6 Å². The first-order valence-electron chi connectivity index (χ1n) is 12.9. The molecule has 0 saturated carbocycles. The summed E-state index contributed by atoms with van der Waals surface area (Å²) in [6.45, 7) is 2.77. The predicted octanol–water partition coefficient (Wildman–Crippen LogP) is 7.13. The minimum Gasteiger partial charge on any atom is -0.389 e. The fraction of sp³-hybridized carbons (Fsp3) is 0.273. The molecule has 0 spiro atoms. The maximum atomic E-state index is 11.3. The molecule has 4 aromatic rings. The summed E-state index contributed by atoms with van der Waals surface area (Å²) in [5, 5.41) is 12.0. The van der Waals surface area contributed by atoms with Crippen LogP contribution in [0.1, 0.15) is 41.5 Å². The van der Waals surface area contributed by atoms with Crippen LogP contribution >= 0.6 is 11.6 Å². The summed E-state index contributed by atoms with van der Waals surface area (Å²) in [6.07, 6.45) is 3.22. The van der Waals surface area contributed by atoms with Gasteiger partial charge in [-0.15, -0.1) is 0 Å². The van der Waals surface area contributed by atoms with Crippen LogP contribution in [0.15, 0.2) is 115 Å². The van der Waals surface area contributed by atoms with Crippen molar-refractivity contribution in [3.05, 3.63) is 143 Å². The molecular weight excluding hydrogens is 462 g/mol. The molecule has 1 N–H and O–H groups in total. The highest BCUT2D eigenvalue weighted by Crippen LogP contribution is 2.42. The van der Waals surface area contributed by atoms with Gasteiger partial charge in [0, 0.05) is 29.9 Å². The van der Waals surface area contributed by atoms with Crippen LogP contribution < -0.4 is 0 Å². The SMILES string of the molecule is OC1(Cc2ccc(Cl)cc2)CCN(CCC(c2ccccc2)(c2ccccc2)c2ccccc2)CC1. The lowest BCUT2D eigenvalue weighted by Crippen LogP contribution is -2.47. The molecule has 1 fully saturated rings. The van der Waals surface area contributed by atoms with Gasteiger partial charge in [0.15, 0.2) is 0 Å². The van der Waals surface area contributed by atoms with E-state index < -0.39 is 5.60 Å². The van der Waals surface area contributed by atoms with Crippen molar-refractivity contribution in [1.29, 1.82) is 0 Å². The lowest BCUT2D eigenvalue weighted by Gasteiger charge is -2.41. The first-order chi connectivity index (χ1) is 17.6. The third kappa shape index (κ3) is 5.42. The van der Waals surface area contributed by atoms with Crippen LogP contribution in [-0.4, -0.2) is 35.2 Å². The Kier molecular flexibility index (Phi) is 7.57. The fourth-order valence-electron chi connectivity index (χ4n) is 5.78.